The smallest absolute Gasteiger partial charge is 0.248 e. The van der Waals surface area contributed by atoms with E-state index in [1.165, 1.54) is 0 Å². The lowest BCUT2D eigenvalue weighted by molar-refractivity contribution is -0.122. The molecule has 3 unspecified atom stereocenters. The van der Waals surface area contributed by atoms with Crippen LogP contribution in [0.5, 0.6) is 0 Å². The van der Waals surface area contributed by atoms with Crippen LogP contribution < -0.4 is 22.1 Å². The van der Waals surface area contributed by atoms with Gasteiger partial charge in [-0.25, -0.2) is 0 Å². The predicted octanol–water partition coefficient (Wildman–Crippen LogP) is 1.79. The normalized spacial score (nSPS) is 22.2. The largest absolute Gasteiger partial charge is 0.369 e. The van der Waals surface area contributed by atoms with Gasteiger partial charge in [-0.15, -0.1) is 11.6 Å². The molecule has 1 aliphatic carbocycles. The quantitative estimate of drug-likeness (QED) is 0.171. The van der Waals surface area contributed by atoms with Crippen molar-refractivity contribution in [3.8, 4) is 0 Å². The van der Waals surface area contributed by atoms with E-state index in [1.807, 2.05) is 0 Å². The summed E-state index contributed by atoms with van der Waals surface area (Å²) in [4.78, 5) is 39.3. The Labute approximate surface area is 178 Å². The molecule has 3 atom stereocenters. The number of nitrogens with zero attached hydrogens (tertiary/aromatic N) is 1. The number of aliphatic imine (C=N–C) groups is 1. The lowest BCUT2D eigenvalue weighted by Crippen LogP contribution is -2.40. The predicted molar refractivity (Wildman–Crippen MR) is 115 cm³/mol. The van der Waals surface area contributed by atoms with Gasteiger partial charge in [-0.05, 0) is 44.1 Å². The van der Waals surface area contributed by atoms with Gasteiger partial charge in [-0.3, -0.25) is 19.7 Å². The monoisotopic (exact) mass is 429 g/mol. The van der Waals surface area contributed by atoms with Gasteiger partial charge in [0.15, 0.2) is 0 Å². The molecule has 0 radical (unpaired) electrons. The van der Waals surface area contributed by atoms with Gasteiger partial charge in [0.25, 0.3) is 0 Å². The molecule has 0 aromatic carbocycles. The second-order valence-corrected chi connectivity index (χ2v) is 8.34. The zero-order valence-corrected chi connectivity index (χ0v) is 18.2. The number of unbranched alkanes of at least 4 members (excludes halogenated alkanes) is 2. The summed E-state index contributed by atoms with van der Waals surface area (Å²) < 4.78 is 0. The van der Waals surface area contributed by atoms with Crippen molar-refractivity contribution in [2.24, 2.45) is 28.3 Å². The van der Waals surface area contributed by atoms with Crippen molar-refractivity contribution in [1.82, 2.24) is 10.6 Å². The molecule has 6 N–H and O–H groups in total. The third-order valence-electron chi connectivity index (χ3n) is 5.27. The second-order valence-electron chi connectivity index (χ2n) is 7.78. The summed E-state index contributed by atoms with van der Waals surface area (Å²) in [6.07, 6.45) is 7.08. The van der Waals surface area contributed by atoms with E-state index >= 15 is 0 Å². The molecule has 9 heteroatoms. The van der Waals surface area contributed by atoms with E-state index in [0.717, 1.165) is 38.5 Å². The average Bonchev–Trinajstić information content (AvgIpc) is 2.65. The van der Waals surface area contributed by atoms with Gasteiger partial charge in [0.05, 0.1) is 0 Å². The molecule has 0 bridgehead atoms. The summed E-state index contributed by atoms with van der Waals surface area (Å²) in [5.74, 6) is -0.440. The molecule has 1 saturated carbocycles. The SMILES string of the molecule is CC1CCCC(Cl)C1CC(=O)NC(N)=NC(=O)CCCNC(=O)CCCCCN. The van der Waals surface area contributed by atoms with Crippen molar-refractivity contribution in [3.05, 3.63) is 0 Å². The van der Waals surface area contributed by atoms with Crippen LogP contribution in [0.4, 0.5) is 0 Å². The van der Waals surface area contributed by atoms with Crippen LogP contribution in [0, 0.1) is 11.8 Å². The highest BCUT2D eigenvalue weighted by atomic mass is 35.5. The lowest BCUT2D eigenvalue weighted by Gasteiger charge is -2.32. The number of hydrogen-bond donors (Lipinski definition) is 4. The van der Waals surface area contributed by atoms with Crippen LogP contribution in [0.25, 0.3) is 0 Å². The van der Waals surface area contributed by atoms with Crippen molar-refractivity contribution in [2.45, 2.75) is 76.5 Å². The molecule has 0 heterocycles. The zero-order valence-electron chi connectivity index (χ0n) is 17.4. The Bertz CT molecular complexity index is 560. The van der Waals surface area contributed by atoms with E-state index in [-0.39, 0.29) is 41.9 Å². The van der Waals surface area contributed by atoms with Gasteiger partial charge in [0.1, 0.15) is 0 Å². The fraction of sp³-hybridized carbons (Fsp3) is 0.800. The van der Waals surface area contributed by atoms with E-state index in [9.17, 15) is 14.4 Å². The Kier molecular flexibility index (Phi) is 12.5. The third-order valence-corrected chi connectivity index (χ3v) is 5.81. The van der Waals surface area contributed by atoms with Gasteiger partial charge in [0.2, 0.25) is 23.7 Å². The van der Waals surface area contributed by atoms with Crippen LogP contribution in [-0.4, -0.2) is 42.1 Å². The summed E-state index contributed by atoms with van der Waals surface area (Å²) >= 11 is 6.35. The molecule has 0 spiro atoms. The first kappa shape index (κ1) is 25.4. The van der Waals surface area contributed by atoms with Gasteiger partial charge in [0, 0.05) is 31.2 Å². The van der Waals surface area contributed by atoms with Crippen molar-refractivity contribution in [2.75, 3.05) is 13.1 Å². The van der Waals surface area contributed by atoms with Crippen molar-refractivity contribution in [1.29, 1.82) is 0 Å². The zero-order chi connectivity index (χ0) is 21.6. The molecule has 29 heavy (non-hydrogen) atoms. The molecular weight excluding hydrogens is 394 g/mol. The van der Waals surface area contributed by atoms with E-state index in [2.05, 4.69) is 22.5 Å². The Hall–Kier alpha value is -1.67. The first-order valence-electron chi connectivity index (χ1n) is 10.6. The molecule has 0 aromatic heterocycles. The van der Waals surface area contributed by atoms with Crippen LogP contribution in [0.2, 0.25) is 0 Å². The minimum absolute atomic E-state index is 0.0137. The third kappa shape index (κ3) is 11.2. The number of nitrogens with one attached hydrogen (secondary N) is 2. The van der Waals surface area contributed by atoms with E-state index in [1.54, 1.807) is 0 Å². The number of hydrogen-bond acceptors (Lipinski definition) is 4. The molecule has 3 amide bonds. The van der Waals surface area contributed by atoms with Crippen molar-refractivity contribution in [3.63, 3.8) is 0 Å². The lowest BCUT2D eigenvalue weighted by atomic mass is 9.78. The number of rotatable bonds is 11. The number of carbonyl (C=O) groups is 3. The van der Waals surface area contributed by atoms with Gasteiger partial charge in [-0.1, -0.05) is 26.2 Å². The van der Waals surface area contributed by atoms with Crippen LogP contribution in [0.15, 0.2) is 4.99 Å². The molecule has 166 valence electrons. The molecule has 1 rings (SSSR count). The number of halogens is 1. The topological polar surface area (TPSA) is 140 Å². The van der Waals surface area contributed by atoms with E-state index in [0.29, 0.717) is 31.8 Å². The standard InChI is InChI=1S/C20H36ClN5O3/c1-14-7-5-8-16(21)15(14)13-19(29)26-20(23)25-18(28)10-6-12-24-17(27)9-3-2-4-11-22/h14-16H,2-13,22H2,1H3,(H,24,27)(H3,23,25,26,28,29). The highest BCUT2D eigenvalue weighted by molar-refractivity contribution is 6.21. The number of nitrogens with two attached hydrogens (primary N) is 2. The Morgan fingerprint density at radius 2 is 1.83 bits per heavy atom. The Balaban J connectivity index is 2.22. The van der Waals surface area contributed by atoms with Gasteiger partial charge < -0.3 is 16.8 Å². The van der Waals surface area contributed by atoms with Crippen LogP contribution in [0.3, 0.4) is 0 Å². The summed E-state index contributed by atoms with van der Waals surface area (Å²) in [6.45, 7) is 3.15. The van der Waals surface area contributed by atoms with Crippen molar-refractivity contribution >= 4 is 35.3 Å². The second kappa shape index (κ2) is 14.3. The van der Waals surface area contributed by atoms with Crippen LogP contribution >= 0.6 is 11.6 Å². The molecule has 1 fully saturated rings. The maximum atomic E-state index is 12.2. The number of guanidine groups is 1. The minimum atomic E-state index is -0.429. The van der Waals surface area contributed by atoms with Gasteiger partial charge in [-0.2, -0.15) is 4.99 Å². The fourth-order valence-corrected chi connectivity index (χ4v) is 4.03. The van der Waals surface area contributed by atoms with Crippen LogP contribution in [0.1, 0.15) is 71.1 Å². The summed E-state index contributed by atoms with van der Waals surface area (Å²) in [5.41, 5.74) is 11.1. The van der Waals surface area contributed by atoms with E-state index in [4.69, 9.17) is 23.1 Å². The highest BCUT2D eigenvalue weighted by Crippen LogP contribution is 2.35. The molecule has 0 aromatic rings. The van der Waals surface area contributed by atoms with Crippen molar-refractivity contribution < 1.29 is 14.4 Å². The molecule has 0 aliphatic heterocycles. The molecule has 8 nitrogen and oxygen atoms in total. The number of amides is 3. The average molecular weight is 430 g/mol. The summed E-state index contributed by atoms with van der Waals surface area (Å²) in [7, 11) is 0. The number of carbonyl (C=O) groups excluding carboxylic acids is 3. The first-order valence-corrected chi connectivity index (χ1v) is 11.0. The summed E-state index contributed by atoms with van der Waals surface area (Å²) in [6, 6.07) is 0. The highest BCUT2D eigenvalue weighted by Gasteiger charge is 2.31. The Morgan fingerprint density at radius 3 is 2.52 bits per heavy atom. The number of alkyl halides is 1. The Morgan fingerprint density at radius 1 is 1.07 bits per heavy atom. The van der Waals surface area contributed by atoms with E-state index < -0.39 is 5.91 Å². The molecular formula is C20H36ClN5O3. The summed E-state index contributed by atoms with van der Waals surface area (Å²) in [5, 5.41) is 5.23. The maximum Gasteiger partial charge on any atom is 0.248 e. The molecule has 0 saturated heterocycles. The van der Waals surface area contributed by atoms with Gasteiger partial charge >= 0.3 is 0 Å². The van der Waals surface area contributed by atoms with Crippen LogP contribution in [-0.2, 0) is 14.4 Å². The first-order chi connectivity index (χ1) is 13.8. The fourth-order valence-electron chi connectivity index (χ4n) is 3.54. The minimum Gasteiger partial charge on any atom is -0.369 e. The molecule has 1 aliphatic rings. The maximum absolute atomic E-state index is 12.2.